The number of benzene rings is 1. The Bertz CT molecular complexity index is 418. The Balaban J connectivity index is 2.38. The third kappa shape index (κ3) is 2.74. The molecule has 2 heteroatoms. The summed E-state index contributed by atoms with van der Waals surface area (Å²) in [5.74, 6) is 2.41. The quantitative estimate of drug-likeness (QED) is 0.792. The molecular weight excluding hydrogens is 210 g/mol. The third-order valence-corrected chi connectivity index (χ3v) is 2.99. The van der Waals surface area contributed by atoms with Gasteiger partial charge < -0.3 is 10.1 Å². The van der Waals surface area contributed by atoms with E-state index in [9.17, 15) is 0 Å². The van der Waals surface area contributed by atoms with Crippen molar-refractivity contribution in [2.75, 3.05) is 11.9 Å². The van der Waals surface area contributed by atoms with E-state index in [4.69, 9.17) is 4.74 Å². The van der Waals surface area contributed by atoms with Crippen molar-refractivity contribution < 1.29 is 4.74 Å². The Kier molecular flexibility index (Phi) is 3.07. The largest absolute Gasteiger partial charge is 0.488 e. The number of hydrogen-bond donors (Lipinski definition) is 1. The van der Waals surface area contributed by atoms with E-state index in [1.807, 2.05) is 0 Å². The Hall–Kier alpha value is -1.18. The SMILES string of the molecule is C[C]1CCNc2c(C)cc(OC(C)(C)C)cc21. The van der Waals surface area contributed by atoms with E-state index in [-0.39, 0.29) is 5.60 Å². The van der Waals surface area contributed by atoms with Gasteiger partial charge in [0.25, 0.3) is 0 Å². The molecular formula is C15H22NO. The van der Waals surface area contributed by atoms with Crippen molar-refractivity contribution in [1.82, 2.24) is 0 Å². The summed E-state index contributed by atoms with van der Waals surface area (Å²) in [6.45, 7) is 11.6. The van der Waals surface area contributed by atoms with E-state index < -0.39 is 0 Å². The molecule has 0 aromatic heterocycles. The molecule has 1 aliphatic heterocycles. The van der Waals surface area contributed by atoms with E-state index in [1.54, 1.807) is 0 Å². The van der Waals surface area contributed by atoms with Gasteiger partial charge in [-0.05, 0) is 57.4 Å². The molecule has 0 spiro atoms. The Labute approximate surface area is 104 Å². The lowest BCUT2D eigenvalue weighted by atomic mass is 9.90. The Morgan fingerprint density at radius 3 is 2.53 bits per heavy atom. The van der Waals surface area contributed by atoms with Gasteiger partial charge in [-0.25, -0.2) is 0 Å². The fourth-order valence-electron chi connectivity index (χ4n) is 2.25. The van der Waals surface area contributed by atoms with Crippen molar-refractivity contribution in [3.05, 3.63) is 29.2 Å². The van der Waals surface area contributed by atoms with Crippen molar-refractivity contribution in [2.24, 2.45) is 0 Å². The number of aryl methyl sites for hydroxylation is 1. The predicted molar refractivity (Wildman–Crippen MR) is 72.7 cm³/mol. The van der Waals surface area contributed by atoms with Gasteiger partial charge in [-0.1, -0.05) is 6.92 Å². The highest BCUT2D eigenvalue weighted by Gasteiger charge is 2.21. The minimum atomic E-state index is -0.142. The van der Waals surface area contributed by atoms with Crippen LogP contribution in [0.25, 0.3) is 0 Å². The van der Waals surface area contributed by atoms with Crippen LogP contribution in [-0.4, -0.2) is 12.1 Å². The number of rotatable bonds is 1. The summed E-state index contributed by atoms with van der Waals surface area (Å²) < 4.78 is 5.96. The number of ether oxygens (including phenoxy) is 1. The first kappa shape index (κ1) is 12.3. The summed E-state index contributed by atoms with van der Waals surface area (Å²) in [6.07, 6.45) is 1.12. The van der Waals surface area contributed by atoms with Gasteiger partial charge in [0.1, 0.15) is 11.4 Å². The second-order valence-electron chi connectivity index (χ2n) is 5.83. The van der Waals surface area contributed by atoms with E-state index in [2.05, 4.69) is 52.1 Å². The fourth-order valence-corrected chi connectivity index (χ4v) is 2.25. The molecule has 1 N–H and O–H groups in total. The third-order valence-electron chi connectivity index (χ3n) is 2.99. The first-order valence-corrected chi connectivity index (χ1v) is 6.27. The van der Waals surface area contributed by atoms with Crippen molar-refractivity contribution in [3.8, 4) is 5.75 Å². The molecule has 2 nitrogen and oxygen atoms in total. The second kappa shape index (κ2) is 4.25. The molecule has 1 aliphatic rings. The molecule has 0 atom stereocenters. The topological polar surface area (TPSA) is 21.3 Å². The lowest BCUT2D eigenvalue weighted by molar-refractivity contribution is 0.131. The molecule has 2 rings (SSSR count). The molecule has 0 unspecified atom stereocenters. The fraction of sp³-hybridized carbons (Fsp3) is 0.533. The minimum absolute atomic E-state index is 0.142. The summed E-state index contributed by atoms with van der Waals surface area (Å²) in [5, 5.41) is 3.47. The maximum absolute atomic E-state index is 5.96. The predicted octanol–water partition coefficient (Wildman–Crippen LogP) is 3.93. The van der Waals surface area contributed by atoms with Gasteiger partial charge in [-0.15, -0.1) is 0 Å². The second-order valence-corrected chi connectivity index (χ2v) is 5.83. The monoisotopic (exact) mass is 232 g/mol. The van der Waals surface area contributed by atoms with Crippen LogP contribution in [0.15, 0.2) is 12.1 Å². The van der Waals surface area contributed by atoms with Crippen LogP contribution >= 0.6 is 0 Å². The normalized spacial score (nSPS) is 16.3. The molecule has 0 aliphatic carbocycles. The summed E-state index contributed by atoms with van der Waals surface area (Å²) in [6, 6.07) is 4.28. The van der Waals surface area contributed by atoms with E-state index in [0.717, 1.165) is 18.7 Å². The number of nitrogens with one attached hydrogen (secondary N) is 1. The number of hydrogen-bond acceptors (Lipinski definition) is 2. The molecule has 17 heavy (non-hydrogen) atoms. The van der Waals surface area contributed by atoms with Crippen molar-refractivity contribution in [3.63, 3.8) is 0 Å². The van der Waals surface area contributed by atoms with Crippen LogP contribution in [0.3, 0.4) is 0 Å². The Morgan fingerprint density at radius 1 is 1.18 bits per heavy atom. The van der Waals surface area contributed by atoms with Gasteiger partial charge in [0.2, 0.25) is 0 Å². The molecule has 1 heterocycles. The average molecular weight is 232 g/mol. The highest BCUT2D eigenvalue weighted by atomic mass is 16.5. The minimum Gasteiger partial charge on any atom is -0.488 e. The molecule has 0 fully saturated rings. The van der Waals surface area contributed by atoms with Gasteiger partial charge >= 0.3 is 0 Å². The van der Waals surface area contributed by atoms with Crippen molar-refractivity contribution >= 4 is 5.69 Å². The molecule has 0 amide bonds. The zero-order chi connectivity index (χ0) is 12.6. The summed E-state index contributed by atoms with van der Waals surface area (Å²) in [5.41, 5.74) is 3.71. The highest BCUT2D eigenvalue weighted by Crippen LogP contribution is 2.36. The van der Waals surface area contributed by atoms with E-state index in [0.29, 0.717) is 0 Å². The number of fused-ring (bicyclic) bond motifs is 1. The molecule has 1 radical (unpaired) electrons. The molecule has 0 saturated heterocycles. The van der Waals surface area contributed by atoms with Crippen LogP contribution in [0.4, 0.5) is 5.69 Å². The van der Waals surface area contributed by atoms with Crippen LogP contribution in [-0.2, 0) is 0 Å². The summed E-state index contributed by atoms with van der Waals surface area (Å²) >= 11 is 0. The van der Waals surface area contributed by atoms with Gasteiger partial charge in [0, 0.05) is 18.2 Å². The van der Waals surface area contributed by atoms with Gasteiger partial charge in [0.15, 0.2) is 0 Å². The average Bonchev–Trinajstić information content (AvgIpc) is 2.17. The zero-order valence-electron chi connectivity index (χ0n) is 11.5. The van der Waals surface area contributed by atoms with Crippen LogP contribution in [0.2, 0.25) is 0 Å². The van der Waals surface area contributed by atoms with Gasteiger partial charge in [0.05, 0.1) is 0 Å². The smallest absolute Gasteiger partial charge is 0.120 e. The molecule has 93 valence electrons. The first-order valence-electron chi connectivity index (χ1n) is 6.27. The highest BCUT2D eigenvalue weighted by molar-refractivity contribution is 5.66. The standard InChI is InChI=1S/C15H22NO/c1-10-6-7-16-14-11(2)8-12(9-13(10)14)17-15(3,4)5/h8-9,16H,6-7H2,1-5H3. The van der Waals surface area contributed by atoms with E-state index >= 15 is 0 Å². The van der Waals surface area contributed by atoms with Crippen LogP contribution in [0.1, 0.15) is 45.2 Å². The lowest BCUT2D eigenvalue weighted by Gasteiger charge is -2.28. The summed E-state index contributed by atoms with van der Waals surface area (Å²) in [7, 11) is 0. The maximum Gasteiger partial charge on any atom is 0.120 e. The zero-order valence-corrected chi connectivity index (χ0v) is 11.5. The molecule has 1 aromatic carbocycles. The summed E-state index contributed by atoms with van der Waals surface area (Å²) in [4.78, 5) is 0. The molecule has 1 aromatic rings. The first-order chi connectivity index (χ1) is 7.87. The Morgan fingerprint density at radius 2 is 1.88 bits per heavy atom. The van der Waals surface area contributed by atoms with Crippen LogP contribution < -0.4 is 10.1 Å². The van der Waals surface area contributed by atoms with Crippen molar-refractivity contribution in [1.29, 1.82) is 0 Å². The van der Waals surface area contributed by atoms with Gasteiger partial charge in [-0.3, -0.25) is 0 Å². The number of anilines is 1. The molecule has 0 saturated carbocycles. The molecule has 0 bridgehead atoms. The van der Waals surface area contributed by atoms with Crippen LogP contribution in [0, 0.1) is 12.8 Å². The van der Waals surface area contributed by atoms with Crippen molar-refractivity contribution in [2.45, 2.75) is 46.6 Å². The lowest BCUT2D eigenvalue weighted by Crippen LogP contribution is -2.24. The van der Waals surface area contributed by atoms with E-state index in [1.165, 1.54) is 22.7 Å². The van der Waals surface area contributed by atoms with Crippen LogP contribution in [0.5, 0.6) is 5.75 Å². The maximum atomic E-state index is 5.96. The van der Waals surface area contributed by atoms with Gasteiger partial charge in [-0.2, -0.15) is 0 Å².